The molecule has 5 nitrogen and oxygen atoms in total. The highest BCUT2D eigenvalue weighted by molar-refractivity contribution is 5.86. The van der Waals surface area contributed by atoms with Gasteiger partial charge in [-0.25, -0.2) is 9.97 Å². The quantitative estimate of drug-likeness (QED) is 0.778. The number of fused-ring (bicyclic) bond motifs is 1. The fourth-order valence-corrected chi connectivity index (χ4v) is 3.42. The normalized spacial score (nSPS) is 21.8. The summed E-state index contributed by atoms with van der Waals surface area (Å²) < 4.78 is 0. The molecule has 3 heterocycles. The van der Waals surface area contributed by atoms with Crippen LogP contribution >= 0.6 is 0 Å². The Hall–Kier alpha value is -2.40. The molecule has 4 rings (SSSR count). The number of hydrogen-bond donors (Lipinski definition) is 2. The predicted octanol–water partition coefficient (Wildman–Crippen LogP) is 3.03. The van der Waals surface area contributed by atoms with Gasteiger partial charge in [0.15, 0.2) is 0 Å². The number of rotatable bonds is 4. The molecule has 0 radical (unpaired) electrons. The van der Waals surface area contributed by atoms with E-state index in [4.69, 9.17) is 0 Å². The summed E-state index contributed by atoms with van der Waals surface area (Å²) in [6.45, 7) is 4.34. The summed E-state index contributed by atoms with van der Waals surface area (Å²) in [5, 5.41) is 4.66. The Morgan fingerprint density at radius 2 is 2.09 bits per heavy atom. The molecule has 0 unspecified atom stereocenters. The molecule has 118 valence electrons. The second-order valence-corrected chi connectivity index (χ2v) is 6.30. The molecule has 5 heteroatoms. The zero-order chi connectivity index (χ0) is 15.6. The first-order valence-corrected chi connectivity index (χ1v) is 8.12. The number of anilines is 1. The third kappa shape index (κ3) is 2.92. The average molecular weight is 307 g/mol. The van der Waals surface area contributed by atoms with Gasteiger partial charge in [0, 0.05) is 31.4 Å². The molecular weight excluding hydrogens is 286 g/mol. The molecule has 2 N–H and O–H groups in total. The van der Waals surface area contributed by atoms with Crippen LogP contribution in [0.3, 0.4) is 0 Å². The van der Waals surface area contributed by atoms with Crippen LogP contribution in [-0.4, -0.2) is 38.5 Å². The van der Waals surface area contributed by atoms with E-state index in [1.165, 1.54) is 5.56 Å². The smallest absolute Gasteiger partial charge is 0.142 e. The average Bonchev–Trinajstić information content (AvgIpc) is 3.16. The van der Waals surface area contributed by atoms with Gasteiger partial charge in [-0.3, -0.25) is 4.90 Å². The Morgan fingerprint density at radius 1 is 1.22 bits per heavy atom. The summed E-state index contributed by atoms with van der Waals surface area (Å²) in [6, 6.07) is 13.7. The Kier molecular flexibility index (Phi) is 3.71. The number of nitrogens with zero attached hydrogens (tertiary/aromatic N) is 3. The lowest BCUT2D eigenvalue weighted by Crippen LogP contribution is -2.28. The summed E-state index contributed by atoms with van der Waals surface area (Å²) in [5.74, 6) is 0.926. The molecule has 23 heavy (non-hydrogen) atoms. The van der Waals surface area contributed by atoms with Crippen molar-refractivity contribution in [3.63, 3.8) is 0 Å². The van der Waals surface area contributed by atoms with Crippen LogP contribution in [0.2, 0.25) is 0 Å². The molecular formula is C18H21N5. The third-order valence-corrected chi connectivity index (χ3v) is 4.63. The molecule has 1 aromatic carbocycles. The van der Waals surface area contributed by atoms with Gasteiger partial charge in [0.1, 0.15) is 17.8 Å². The maximum Gasteiger partial charge on any atom is 0.142 e. The second kappa shape index (κ2) is 6.01. The highest BCUT2D eigenvalue weighted by Gasteiger charge is 2.29. The van der Waals surface area contributed by atoms with Gasteiger partial charge in [0.2, 0.25) is 0 Å². The second-order valence-electron chi connectivity index (χ2n) is 6.30. The maximum absolute atomic E-state index is 4.42. The van der Waals surface area contributed by atoms with Gasteiger partial charge in [-0.05, 0) is 25.0 Å². The Morgan fingerprint density at radius 3 is 2.96 bits per heavy atom. The summed E-state index contributed by atoms with van der Waals surface area (Å²) in [6.07, 6.45) is 4.65. The Balaban J connectivity index is 1.46. The van der Waals surface area contributed by atoms with Crippen LogP contribution in [0.5, 0.6) is 0 Å². The number of H-pyrrole nitrogens is 1. The van der Waals surface area contributed by atoms with Crippen molar-refractivity contribution in [3.05, 3.63) is 54.5 Å². The van der Waals surface area contributed by atoms with E-state index >= 15 is 0 Å². The van der Waals surface area contributed by atoms with Crippen molar-refractivity contribution < 1.29 is 0 Å². The van der Waals surface area contributed by atoms with E-state index < -0.39 is 0 Å². The minimum atomic E-state index is 0.418. The highest BCUT2D eigenvalue weighted by atomic mass is 15.2. The molecule has 1 aliphatic heterocycles. The molecule has 1 fully saturated rings. The van der Waals surface area contributed by atoms with Crippen molar-refractivity contribution in [1.82, 2.24) is 19.9 Å². The lowest BCUT2D eigenvalue weighted by Gasteiger charge is -2.21. The fourth-order valence-electron chi connectivity index (χ4n) is 3.42. The lowest BCUT2D eigenvalue weighted by atomic mass is 10.2. The minimum Gasteiger partial charge on any atom is -0.365 e. The van der Waals surface area contributed by atoms with Crippen molar-refractivity contribution in [2.45, 2.75) is 32.0 Å². The van der Waals surface area contributed by atoms with Crippen molar-refractivity contribution in [3.8, 4) is 0 Å². The van der Waals surface area contributed by atoms with Gasteiger partial charge >= 0.3 is 0 Å². The third-order valence-electron chi connectivity index (χ3n) is 4.63. The van der Waals surface area contributed by atoms with Gasteiger partial charge in [0.05, 0.1) is 5.39 Å². The van der Waals surface area contributed by atoms with Gasteiger partial charge in [-0.2, -0.15) is 0 Å². The predicted molar refractivity (Wildman–Crippen MR) is 92.2 cm³/mol. The van der Waals surface area contributed by atoms with Gasteiger partial charge in [-0.1, -0.05) is 30.3 Å². The maximum atomic E-state index is 4.42. The van der Waals surface area contributed by atoms with Gasteiger partial charge in [-0.15, -0.1) is 0 Å². The summed E-state index contributed by atoms with van der Waals surface area (Å²) >= 11 is 0. The molecule has 1 saturated heterocycles. The van der Waals surface area contributed by atoms with Crippen LogP contribution in [-0.2, 0) is 6.54 Å². The number of benzene rings is 1. The van der Waals surface area contributed by atoms with E-state index in [1.54, 1.807) is 6.33 Å². The van der Waals surface area contributed by atoms with Gasteiger partial charge < -0.3 is 10.3 Å². The minimum absolute atomic E-state index is 0.418. The molecule has 0 amide bonds. The molecule has 3 aromatic rings. The van der Waals surface area contributed by atoms with Gasteiger partial charge in [0.25, 0.3) is 0 Å². The van der Waals surface area contributed by atoms with Crippen molar-refractivity contribution in [2.75, 3.05) is 11.9 Å². The van der Waals surface area contributed by atoms with Crippen LogP contribution in [0.1, 0.15) is 18.9 Å². The topological polar surface area (TPSA) is 56.8 Å². The molecule has 2 atom stereocenters. The largest absolute Gasteiger partial charge is 0.365 e. The van der Waals surface area contributed by atoms with Crippen LogP contribution in [0.15, 0.2) is 48.9 Å². The molecule has 0 aliphatic carbocycles. The van der Waals surface area contributed by atoms with Crippen molar-refractivity contribution in [1.29, 1.82) is 0 Å². The summed E-state index contributed by atoms with van der Waals surface area (Å²) in [4.78, 5) is 14.3. The van der Waals surface area contributed by atoms with Crippen LogP contribution in [0.4, 0.5) is 5.82 Å². The number of nitrogens with one attached hydrogen (secondary N) is 2. The Bertz CT molecular complexity index is 782. The molecule has 1 aliphatic rings. The zero-order valence-electron chi connectivity index (χ0n) is 13.2. The van der Waals surface area contributed by atoms with Crippen LogP contribution in [0, 0.1) is 0 Å². The monoisotopic (exact) mass is 307 g/mol. The van der Waals surface area contributed by atoms with E-state index in [0.29, 0.717) is 12.1 Å². The standard InChI is InChI=1S/C18H21N5/c1-13-9-15(11-23(13)10-14-5-3-2-4-6-14)22-18-16-7-8-19-17(16)20-12-21-18/h2-8,12-13,15H,9-11H2,1H3,(H2,19,20,21,22)/t13-,15-/m1/s1. The number of hydrogen-bond acceptors (Lipinski definition) is 4. The summed E-state index contributed by atoms with van der Waals surface area (Å²) in [5.41, 5.74) is 2.25. The Labute approximate surface area is 135 Å². The highest BCUT2D eigenvalue weighted by Crippen LogP contribution is 2.25. The number of likely N-dealkylation sites (tertiary alicyclic amines) is 1. The van der Waals surface area contributed by atoms with Crippen molar-refractivity contribution >= 4 is 16.9 Å². The first-order valence-electron chi connectivity index (χ1n) is 8.12. The lowest BCUT2D eigenvalue weighted by molar-refractivity contribution is 0.259. The van der Waals surface area contributed by atoms with E-state index in [1.807, 2.05) is 12.3 Å². The number of aromatic nitrogens is 3. The van der Waals surface area contributed by atoms with Crippen molar-refractivity contribution in [2.24, 2.45) is 0 Å². The zero-order valence-corrected chi connectivity index (χ0v) is 13.2. The number of aromatic amines is 1. The summed E-state index contributed by atoms with van der Waals surface area (Å²) in [7, 11) is 0. The molecule has 0 saturated carbocycles. The van der Waals surface area contributed by atoms with E-state index in [9.17, 15) is 0 Å². The van der Waals surface area contributed by atoms with E-state index in [0.717, 1.165) is 36.4 Å². The fraction of sp³-hybridized carbons (Fsp3) is 0.333. The molecule has 0 spiro atoms. The SMILES string of the molecule is C[C@@H]1C[C@@H](Nc2ncnc3[nH]ccc23)CN1Cc1ccccc1. The van der Waals surface area contributed by atoms with E-state index in [2.05, 4.69) is 62.4 Å². The van der Waals surface area contributed by atoms with Crippen LogP contribution in [0.25, 0.3) is 11.0 Å². The van der Waals surface area contributed by atoms with Crippen LogP contribution < -0.4 is 5.32 Å². The molecule has 0 bridgehead atoms. The first kappa shape index (κ1) is 14.2. The van der Waals surface area contributed by atoms with E-state index in [-0.39, 0.29) is 0 Å². The molecule has 2 aromatic heterocycles. The first-order chi connectivity index (χ1) is 11.3.